The third kappa shape index (κ3) is 1.77. The van der Waals surface area contributed by atoms with Crippen LogP contribution in [0.1, 0.15) is 30.7 Å². The van der Waals surface area contributed by atoms with Gasteiger partial charge in [-0.25, -0.2) is 4.98 Å². The van der Waals surface area contributed by atoms with Crippen LogP contribution in [0.3, 0.4) is 0 Å². The molecule has 0 radical (unpaired) electrons. The van der Waals surface area contributed by atoms with Gasteiger partial charge < -0.3 is 10.2 Å². The van der Waals surface area contributed by atoms with Crippen molar-refractivity contribution in [1.82, 2.24) is 4.98 Å². The van der Waals surface area contributed by atoms with Gasteiger partial charge in [0.2, 0.25) is 0 Å². The van der Waals surface area contributed by atoms with Gasteiger partial charge in [-0.05, 0) is 25.7 Å². The van der Waals surface area contributed by atoms with Crippen LogP contribution in [-0.2, 0) is 10.2 Å². The zero-order valence-corrected chi connectivity index (χ0v) is 9.04. The molecule has 15 heavy (non-hydrogen) atoms. The summed E-state index contributed by atoms with van der Waals surface area (Å²) < 4.78 is 0. The molecule has 2 rings (SSSR count). The summed E-state index contributed by atoms with van der Waals surface area (Å²) in [5.41, 5.74) is -0.854. The molecule has 1 aromatic heterocycles. The van der Waals surface area contributed by atoms with Gasteiger partial charge in [-0.1, -0.05) is 0 Å². The first-order valence-corrected chi connectivity index (χ1v) is 5.84. The Kier molecular flexibility index (Phi) is 2.75. The predicted molar refractivity (Wildman–Crippen MR) is 55.9 cm³/mol. The van der Waals surface area contributed by atoms with Crippen LogP contribution < -0.4 is 0 Å². The van der Waals surface area contributed by atoms with Crippen LogP contribution in [0.5, 0.6) is 0 Å². The number of aliphatic hydroxyl groups excluding tert-OH is 1. The Bertz CT molecular complexity index is 342. The molecule has 0 bridgehead atoms. The number of carboxylic acid groups (broad SMARTS) is 1. The van der Waals surface area contributed by atoms with Crippen molar-refractivity contribution in [3.05, 3.63) is 16.6 Å². The molecule has 5 heteroatoms. The van der Waals surface area contributed by atoms with Gasteiger partial charge >= 0.3 is 5.97 Å². The van der Waals surface area contributed by atoms with Crippen LogP contribution in [-0.4, -0.2) is 27.3 Å². The number of aromatic nitrogens is 1. The van der Waals surface area contributed by atoms with Crippen LogP contribution in [0, 0.1) is 0 Å². The van der Waals surface area contributed by atoms with E-state index in [9.17, 15) is 15.0 Å². The first kappa shape index (κ1) is 10.6. The van der Waals surface area contributed by atoms with Crippen molar-refractivity contribution in [2.75, 3.05) is 0 Å². The summed E-state index contributed by atoms with van der Waals surface area (Å²) in [5, 5.41) is 21.2. The summed E-state index contributed by atoms with van der Waals surface area (Å²) in [6.07, 6.45) is 3.35. The van der Waals surface area contributed by atoms with Crippen molar-refractivity contribution in [1.29, 1.82) is 0 Å². The van der Waals surface area contributed by atoms with Crippen molar-refractivity contribution in [3.63, 3.8) is 0 Å². The van der Waals surface area contributed by atoms with Crippen LogP contribution in [0.15, 0.2) is 11.6 Å². The highest BCUT2D eigenvalue weighted by Crippen LogP contribution is 2.40. The van der Waals surface area contributed by atoms with Gasteiger partial charge in [0, 0.05) is 11.6 Å². The second-order valence-corrected chi connectivity index (χ2v) is 4.85. The standard InChI is InChI=1S/C10H13NO3S/c12-7-1-3-10(4-2-7,9(13)14)8-11-5-6-15-8/h5-7,12H,1-4H2,(H,13,14). The third-order valence-electron chi connectivity index (χ3n) is 3.06. The van der Waals surface area contributed by atoms with Gasteiger partial charge in [0.1, 0.15) is 10.4 Å². The number of carbonyl (C=O) groups is 1. The molecule has 1 saturated carbocycles. The van der Waals surface area contributed by atoms with E-state index < -0.39 is 11.4 Å². The van der Waals surface area contributed by atoms with Crippen LogP contribution in [0.25, 0.3) is 0 Å². The fraction of sp³-hybridized carbons (Fsp3) is 0.600. The third-order valence-corrected chi connectivity index (χ3v) is 4.04. The minimum absolute atomic E-state index is 0.350. The maximum absolute atomic E-state index is 11.4. The number of aliphatic carboxylic acids is 1. The zero-order valence-electron chi connectivity index (χ0n) is 8.22. The van der Waals surface area contributed by atoms with E-state index in [1.807, 2.05) is 0 Å². The maximum atomic E-state index is 11.4. The summed E-state index contributed by atoms with van der Waals surface area (Å²) >= 11 is 1.38. The summed E-state index contributed by atoms with van der Waals surface area (Å²) in [5.74, 6) is -0.815. The van der Waals surface area contributed by atoms with E-state index in [-0.39, 0.29) is 6.10 Å². The maximum Gasteiger partial charge on any atom is 0.316 e. The molecule has 0 saturated heterocycles. The lowest BCUT2D eigenvalue weighted by atomic mass is 9.73. The Morgan fingerprint density at radius 2 is 2.20 bits per heavy atom. The fourth-order valence-corrected chi connectivity index (χ4v) is 2.96. The Morgan fingerprint density at radius 3 is 2.67 bits per heavy atom. The molecule has 0 atom stereocenters. The highest BCUT2D eigenvalue weighted by molar-refractivity contribution is 7.09. The van der Waals surface area contributed by atoms with Crippen molar-refractivity contribution in [2.45, 2.75) is 37.2 Å². The molecule has 0 unspecified atom stereocenters. The van der Waals surface area contributed by atoms with Crippen LogP contribution >= 0.6 is 11.3 Å². The molecular weight excluding hydrogens is 214 g/mol. The smallest absolute Gasteiger partial charge is 0.316 e. The minimum atomic E-state index is -0.854. The SMILES string of the molecule is O=C(O)C1(c2nccs2)CCC(O)CC1. The molecule has 2 N–H and O–H groups in total. The first-order chi connectivity index (χ1) is 7.15. The van der Waals surface area contributed by atoms with Crippen molar-refractivity contribution in [3.8, 4) is 0 Å². The quantitative estimate of drug-likeness (QED) is 0.801. The molecule has 0 aliphatic heterocycles. The summed E-state index contributed by atoms with van der Waals surface area (Å²) in [4.78, 5) is 15.5. The molecule has 1 heterocycles. The van der Waals surface area contributed by atoms with Gasteiger partial charge in [-0.15, -0.1) is 11.3 Å². The Balaban J connectivity index is 2.30. The topological polar surface area (TPSA) is 70.4 Å². The van der Waals surface area contributed by atoms with E-state index in [4.69, 9.17) is 0 Å². The lowest BCUT2D eigenvalue weighted by Gasteiger charge is -2.33. The molecule has 1 aliphatic carbocycles. The number of hydrogen-bond donors (Lipinski definition) is 2. The Morgan fingerprint density at radius 1 is 1.53 bits per heavy atom. The number of aliphatic hydroxyl groups is 1. The number of nitrogens with zero attached hydrogens (tertiary/aromatic N) is 1. The van der Waals surface area contributed by atoms with E-state index in [0.717, 1.165) is 0 Å². The number of thiazole rings is 1. The van der Waals surface area contributed by atoms with E-state index in [1.54, 1.807) is 11.6 Å². The van der Waals surface area contributed by atoms with Gasteiger partial charge in [0.25, 0.3) is 0 Å². The summed E-state index contributed by atoms with van der Waals surface area (Å²) in [7, 11) is 0. The molecule has 1 aromatic rings. The van der Waals surface area contributed by atoms with Crippen molar-refractivity contribution >= 4 is 17.3 Å². The zero-order chi connectivity index (χ0) is 10.9. The molecular formula is C10H13NO3S. The summed E-state index contributed by atoms with van der Waals surface area (Å²) in [6, 6.07) is 0. The Labute approximate surface area is 91.6 Å². The van der Waals surface area contributed by atoms with Crippen LogP contribution in [0.2, 0.25) is 0 Å². The summed E-state index contributed by atoms with van der Waals surface area (Å²) in [6.45, 7) is 0. The lowest BCUT2D eigenvalue weighted by molar-refractivity contribution is -0.146. The van der Waals surface area contributed by atoms with Crippen molar-refractivity contribution < 1.29 is 15.0 Å². The molecule has 0 aromatic carbocycles. The largest absolute Gasteiger partial charge is 0.481 e. The number of hydrogen-bond acceptors (Lipinski definition) is 4. The first-order valence-electron chi connectivity index (χ1n) is 4.96. The fourth-order valence-electron chi connectivity index (χ4n) is 2.07. The molecule has 82 valence electrons. The lowest BCUT2D eigenvalue weighted by Crippen LogP contribution is -2.40. The molecule has 0 amide bonds. The van der Waals surface area contributed by atoms with Gasteiger partial charge in [-0.2, -0.15) is 0 Å². The van der Waals surface area contributed by atoms with E-state index in [0.29, 0.717) is 30.7 Å². The van der Waals surface area contributed by atoms with Gasteiger partial charge in [-0.3, -0.25) is 4.79 Å². The number of carboxylic acids is 1. The highest BCUT2D eigenvalue weighted by Gasteiger charge is 2.45. The average molecular weight is 227 g/mol. The van der Waals surface area contributed by atoms with Gasteiger partial charge in [0.15, 0.2) is 0 Å². The molecule has 1 fully saturated rings. The van der Waals surface area contributed by atoms with E-state index in [1.165, 1.54) is 11.3 Å². The highest BCUT2D eigenvalue weighted by atomic mass is 32.1. The minimum Gasteiger partial charge on any atom is -0.481 e. The molecule has 0 spiro atoms. The Hall–Kier alpha value is -0.940. The van der Waals surface area contributed by atoms with E-state index >= 15 is 0 Å². The normalized spacial score (nSPS) is 31.4. The monoisotopic (exact) mass is 227 g/mol. The predicted octanol–water partition coefficient (Wildman–Crippen LogP) is 1.40. The molecule has 1 aliphatic rings. The molecule has 4 nitrogen and oxygen atoms in total. The average Bonchev–Trinajstić information content (AvgIpc) is 2.72. The van der Waals surface area contributed by atoms with Crippen molar-refractivity contribution in [2.24, 2.45) is 0 Å². The van der Waals surface area contributed by atoms with Gasteiger partial charge in [0.05, 0.1) is 6.10 Å². The number of rotatable bonds is 2. The van der Waals surface area contributed by atoms with Crippen LogP contribution in [0.4, 0.5) is 0 Å². The second-order valence-electron chi connectivity index (χ2n) is 3.96. The second kappa shape index (κ2) is 3.90. The van der Waals surface area contributed by atoms with E-state index in [2.05, 4.69) is 4.98 Å².